The smallest absolute Gasteiger partial charge is 0.149 e. The molecule has 0 atom stereocenters. The molecule has 1 aromatic carbocycles. The first-order valence-corrected chi connectivity index (χ1v) is 6.17. The molecule has 0 radical (unpaired) electrons. The second-order valence-electron chi connectivity index (χ2n) is 4.54. The number of benzene rings is 1. The first-order chi connectivity index (χ1) is 8.66. The van der Waals surface area contributed by atoms with Crippen LogP contribution in [0.1, 0.15) is 16.7 Å². The Morgan fingerprint density at radius 3 is 2.72 bits per heavy atom. The molecule has 0 amide bonds. The Labute approximate surface area is 108 Å². The SMILES string of the molecule is Cc1ccc(CCNc2ncccc2N)cc1C. The van der Waals surface area contributed by atoms with Crippen molar-refractivity contribution in [3.63, 3.8) is 0 Å². The first-order valence-electron chi connectivity index (χ1n) is 6.17. The predicted octanol–water partition coefficient (Wildman–Crippen LogP) is 2.94. The lowest BCUT2D eigenvalue weighted by Gasteiger charge is -2.09. The van der Waals surface area contributed by atoms with E-state index in [-0.39, 0.29) is 0 Å². The van der Waals surface area contributed by atoms with Crippen molar-refractivity contribution < 1.29 is 0 Å². The summed E-state index contributed by atoms with van der Waals surface area (Å²) in [4.78, 5) is 4.21. The minimum atomic E-state index is 0.692. The van der Waals surface area contributed by atoms with Crippen LogP contribution in [-0.2, 0) is 6.42 Å². The molecule has 3 nitrogen and oxygen atoms in total. The number of hydrogen-bond acceptors (Lipinski definition) is 3. The molecule has 1 heterocycles. The Kier molecular flexibility index (Phi) is 3.82. The van der Waals surface area contributed by atoms with Crippen molar-refractivity contribution in [2.75, 3.05) is 17.6 Å². The van der Waals surface area contributed by atoms with E-state index in [9.17, 15) is 0 Å². The number of aryl methyl sites for hydroxylation is 2. The average molecular weight is 241 g/mol. The Bertz CT molecular complexity index is 535. The maximum atomic E-state index is 5.82. The molecule has 0 unspecified atom stereocenters. The van der Waals surface area contributed by atoms with E-state index in [4.69, 9.17) is 5.73 Å². The van der Waals surface area contributed by atoms with Gasteiger partial charge in [-0.3, -0.25) is 0 Å². The zero-order chi connectivity index (χ0) is 13.0. The Morgan fingerprint density at radius 1 is 1.17 bits per heavy atom. The monoisotopic (exact) mass is 241 g/mol. The van der Waals surface area contributed by atoms with Gasteiger partial charge in [0.05, 0.1) is 5.69 Å². The fourth-order valence-corrected chi connectivity index (χ4v) is 1.85. The molecule has 0 bridgehead atoms. The molecule has 2 aromatic rings. The lowest BCUT2D eigenvalue weighted by atomic mass is 10.0. The van der Waals surface area contributed by atoms with Crippen LogP contribution in [-0.4, -0.2) is 11.5 Å². The van der Waals surface area contributed by atoms with Gasteiger partial charge in [0, 0.05) is 12.7 Å². The van der Waals surface area contributed by atoms with Crippen LogP contribution in [0.15, 0.2) is 36.5 Å². The van der Waals surface area contributed by atoms with Gasteiger partial charge in [-0.1, -0.05) is 18.2 Å². The number of nitrogens with zero attached hydrogens (tertiary/aromatic N) is 1. The van der Waals surface area contributed by atoms with Crippen LogP contribution in [0.2, 0.25) is 0 Å². The summed E-state index contributed by atoms with van der Waals surface area (Å²) in [5.41, 5.74) is 10.5. The van der Waals surface area contributed by atoms with Gasteiger partial charge >= 0.3 is 0 Å². The van der Waals surface area contributed by atoms with Gasteiger partial charge in [-0.15, -0.1) is 0 Å². The lowest BCUT2D eigenvalue weighted by Crippen LogP contribution is -2.08. The van der Waals surface area contributed by atoms with Gasteiger partial charge in [0.25, 0.3) is 0 Å². The van der Waals surface area contributed by atoms with Gasteiger partial charge in [-0.2, -0.15) is 0 Å². The molecule has 0 aliphatic heterocycles. The van der Waals surface area contributed by atoms with Crippen LogP contribution in [0.5, 0.6) is 0 Å². The molecule has 3 N–H and O–H groups in total. The standard InChI is InChI=1S/C15H19N3/c1-11-5-6-13(10-12(11)2)7-9-18-15-14(16)4-3-8-17-15/h3-6,8,10H,7,9,16H2,1-2H3,(H,17,18). The minimum absolute atomic E-state index is 0.692. The highest BCUT2D eigenvalue weighted by atomic mass is 15.0. The predicted molar refractivity (Wildman–Crippen MR) is 76.8 cm³/mol. The number of nitrogens with two attached hydrogens (primary N) is 1. The fourth-order valence-electron chi connectivity index (χ4n) is 1.85. The van der Waals surface area contributed by atoms with Gasteiger partial charge in [-0.05, 0) is 49.1 Å². The number of pyridine rings is 1. The summed E-state index contributed by atoms with van der Waals surface area (Å²) in [7, 11) is 0. The van der Waals surface area contributed by atoms with E-state index in [1.165, 1.54) is 16.7 Å². The highest BCUT2D eigenvalue weighted by Crippen LogP contribution is 2.14. The topological polar surface area (TPSA) is 50.9 Å². The zero-order valence-electron chi connectivity index (χ0n) is 10.9. The zero-order valence-corrected chi connectivity index (χ0v) is 10.9. The van der Waals surface area contributed by atoms with Crippen LogP contribution < -0.4 is 11.1 Å². The third kappa shape index (κ3) is 3.00. The number of nitrogens with one attached hydrogen (secondary N) is 1. The molecule has 94 valence electrons. The summed E-state index contributed by atoms with van der Waals surface area (Å²) in [6.45, 7) is 5.11. The third-order valence-corrected chi connectivity index (χ3v) is 3.12. The highest BCUT2D eigenvalue weighted by Gasteiger charge is 1.99. The Balaban J connectivity index is 1.92. The molecule has 0 aliphatic rings. The van der Waals surface area contributed by atoms with Crippen molar-refractivity contribution in [3.05, 3.63) is 53.2 Å². The van der Waals surface area contributed by atoms with Crippen molar-refractivity contribution in [1.29, 1.82) is 0 Å². The van der Waals surface area contributed by atoms with Crippen molar-refractivity contribution >= 4 is 11.5 Å². The van der Waals surface area contributed by atoms with Crippen molar-refractivity contribution in [2.45, 2.75) is 20.3 Å². The summed E-state index contributed by atoms with van der Waals surface area (Å²) < 4.78 is 0. The van der Waals surface area contributed by atoms with Gasteiger partial charge in [0.2, 0.25) is 0 Å². The van der Waals surface area contributed by atoms with E-state index in [0.29, 0.717) is 5.69 Å². The van der Waals surface area contributed by atoms with Crippen LogP contribution in [0.4, 0.5) is 11.5 Å². The van der Waals surface area contributed by atoms with Crippen LogP contribution >= 0.6 is 0 Å². The van der Waals surface area contributed by atoms with E-state index >= 15 is 0 Å². The van der Waals surface area contributed by atoms with Crippen molar-refractivity contribution in [3.8, 4) is 0 Å². The van der Waals surface area contributed by atoms with Gasteiger partial charge in [0.1, 0.15) is 5.82 Å². The van der Waals surface area contributed by atoms with E-state index in [1.54, 1.807) is 6.20 Å². The molecular weight excluding hydrogens is 222 g/mol. The maximum absolute atomic E-state index is 5.82. The van der Waals surface area contributed by atoms with Crippen LogP contribution in [0.25, 0.3) is 0 Å². The fraction of sp³-hybridized carbons (Fsp3) is 0.267. The quantitative estimate of drug-likeness (QED) is 0.865. The van der Waals surface area contributed by atoms with Gasteiger partial charge < -0.3 is 11.1 Å². The molecule has 0 spiro atoms. The first kappa shape index (κ1) is 12.4. The summed E-state index contributed by atoms with van der Waals surface area (Å²) in [6, 6.07) is 10.3. The summed E-state index contributed by atoms with van der Waals surface area (Å²) in [5.74, 6) is 0.765. The molecule has 0 fully saturated rings. The number of hydrogen-bond donors (Lipinski definition) is 2. The van der Waals surface area contributed by atoms with Gasteiger partial charge in [0.15, 0.2) is 0 Å². The highest BCUT2D eigenvalue weighted by molar-refractivity contribution is 5.60. The second kappa shape index (κ2) is 5.54. The number of anilines is 2. The Morgan fingerprint density at radius 2 is 2.00 bits per heavy atom. The minimum Gasteiger partial charge on any atom is -0.396 e. The molecule has 3 heteroatoms. The number of aromatic nitrogens is 1. The van der Waals surface area contributed by atoms with Crippen molar-refractivity contribution in [2.24, 2.45) is 0 Å². The molecular formula is C15H19N3. The maximum Gasteiger partial charge on any atom is 0.149 e. The molecule has 0 aliphatic carbocycles. The van der Waals surface area contributed by atoms with E-state index in [1.807, 2.05) is 12.1 Å². The van der Waals surface area contributed by atoms with E-state index in [2.05, 4.69) is 42.3 Å². The summed E-state index contributed by atoms with van der Waals surface area (Å²) in [6.07, 6.45) is 2.71. The number of nitrogen functional groups attached to an aromatic ring is 1. The molecule has 1 aromatic heterocycles. The van der Waals surface area contributed by atoms with Gasteiger partial charge in [-0.25, -0.2) is 4.98 Å². The molecule has 18 heavy (non-hydrogen) atoms. The largest absolute Gasteiger partial charge is 0.396 e. The number of rotatable bonds is 4. The molecule has 0 saturated carbocycles. The van der Waals surface area contributed by atoms with Crippen LogP contribution in [0, 0.1) is 13.8 Å². The summed E-state index contributed by atoms with van der Waals surface area (Å²) in [5, 5.41) is 3.26. The Hall–Kier alpha value is -2.03. The molecule has 2 rings (SSSR count). The molecule has 0 saturated heterocycles. The van der Waals surface area contributed by atoms with Crippen LogP contribution in [0.3, 0.4) is 0 Å². The van der Waals surface area contributed by atoms with E-state index < -0.39 is 0 Å². The second-order valence-corrected chi connectivity index (χ2v) is 4.54. The van der Waals surface area contributed by atoms with E-state index in [0.717, 1.165) is 18.8 Å². The third-order valence-electron chi connectivity index (χ3n) is 3.12. The normalized spacial score (nSPS) is 10.3. The van der Waals surface area contributed by atoms with Crippen molar-refractivity contribution in [1.82, 2.24) is 4.98 Å². The average Bonchev–Trinajstić information content (AvgIpc) is 2.36. The summed E-state index contributed by atoms with van der Waals surface area (Å²) >= 11 is 0. The lowest BCUT2D eigenvalue weighted by molar-refractivity contribution is 1.00.